The summed E-state index contributed by atoms with van der Waals surface area (Å²) in [5.41, 5.74) is 5.70. The lowest BCUT2D eigenvalue weighted by Crippen LogP contribution is -2.33. The predicted octanol–water partition coefficient (Wildman–Crippen LogP) is 0.679. The maximum absolute atomic E-state index is 5.70. The molecule has 90 valence electrons. The van der Waals surface area contributed by atoms with Crippen molar-refractivity contribution in [2.24, 2.45) is 5.73 Å². The molecule has 16 heavy (non-hydrogen) atoms. The first-order chi connectivity index (χ1) is 7.66. The molecule has 6 heteroatoms. The third-order valence-electron chi connectivity index (χ3n) is 2.67. The molecule has 0 amide bonds. The van der Waals surface area contributed by atoms with E-state index in [9.17, 15) is 0 Å². The lowest BCUT2D eigenvalue weighted by molar-refractivity contribution is 0.256. The van der Waals surface area contributed by atoms with E-state index in [1.807, 2.05) is 18.7 Å². The van der Waals surface area contributed by atoms with Crippen LogP contribution < -0.4 is 5.73 Å². The molecule has 0 aliphatic carbocycles. The van der Waals surface area contributed by atoms with Gasteiger partial charge in [0.25, 0.3) is 0 Å². The zero-order chi connectivity index (χ0) is 11.5. The lowest BCUT2D eigenvalue weighted by Gasteiger charge is -2.29. The van der Waals surface area contributed by atoms with Crippen LogP contribution in [0, 0.1) is 0 Å². The van der Waals surface area contributed by atoms with E-state index in [1.165, 1.54) is 5.75 Å². The molecule has 2 heterocycles. The molecule has 5 nitrogen and oxygen atoms in total. The van der Waals surface area contributed by atoms with Gasteiger partial charge in [0.1, 0.15) is 0 Å². The Morgan fingerprint density at radius 1 is 1.69 bits per heavy atom. The van der Waals surface area contributed by atoms with Crippen LogP contribution in [0.15, 0.2) is 4.52 Å². The summed E-state index contributed by atoms with van der Waals surface area (Å²) in [7, 11) is 2.10. The van der Waals surface area contributed by atoms with E-state index in [4.69, 9.17) is 10.3 Å². The molecule has 1 aliphatic heterocycles. The largest absolute Gasteiger partial charge is 0.339 e. The van der Waals surface area contributed by atoms with Crippen molar-refractivity contribution >= 4 is 11.8 Å². The van der Waals surface area contributed by atoms with Crippen LogP contribution in [0.5, 0.6) is 0 Å². The summed E-state index contributed by atoms with van der Waals surface area (Å²) >= 11 is 1.94. The van der Waals surface area contributed by atoms with Gasteiger partial charge in [0, 0.05) is 30.5 Å². The minimum Gasteiger partial charge on any atom is -0.339 e. The van der Waals surface area contributed by atoms with E-state index in [2.05, 4.69) is 22.1 Å². The first-order valence-corrected chi connectivity index (χ1v) is 6.68. The third kappa shape index (κ3) is 2.75. The van der Waals surface area contributed by atoms with Crippen molar-refractivity contribution in [3.05, 3.63) is 11.7 Å². The van der Waals surface area contributed by atoms with Crippen LogP contribution in [0.2, 0.25) is 0 Å². The van der Waals surface area contributed by atoms with Crippen molar-refractivity contribution < 1.29 is 4.52 Å². The number of aromatic nitrogens is 2. The SMILES string of the molecule is CC(N)Cc1nc(C2CSCCN2C)no1. The van der Waals surface area contributed by atoms with Crippen LogP contribution in [0.3, 0.4) is 0 Å². The number of nitrogens with zero attached hydrogens (tertiary/aromatic N) is 3. The average molecular weight is 242 g/mol. The van der Waals surface area contributed by atoms with E-state index in [0.717, 1.165) is 18.1 Å². The molecule has 2 unspecified atom stereocenters. The summed E-state index contributed by atoms with van der Waals surface area (Å²) in [6, 6.07) is 0.344. The highest BCUT2D eigenvalue weighted by Gasteiger charge is 2.25. The maximum Gasteiger partial charge on any atom is 0.228 e. The smallest absolute Gasteiger partial charge is 0.228 e. The van der Waals surface area contributed by atoms with Gasteiger partial charge in [0.05, 0.1) is 6.04 Å². The molecule has 0 spiro atoms. The summed E-state index contributed by atoms with van der Waals surface area (Å²) in [5, 5.41) is 4.05. The minimum absolute atomic E-state index is 0.0618. The van der Waals surface area contributed by atoms with Gasteiger partial charge in [-0.1, -0.05) is 5.16 Å². The molecule has 1 fully saturated rings. The highest BCUT2D eigenvalue weighted by molar-refractivity contribution is 7.99. The molecule has 2 rings (SSSR count). The van der Waals surface area contributed by atoms with Gasteiger partial charge in [-0.3, -0.25) is 4.90 Å². The Kier molecular flexibility index (Phi) is 3.83. The number of hydrogen-bond acceptors (Lipinski definition) is 6. The van der Waals surface area contributed by atoms with Gasteiger partial charge < -0.3 is 10.3 Å². The van der Waals surface area contributed by atoms with Crippen molar-refractivity contribution in [3.8, 4) is 0 Å². The molecule has 1 aliphatic rings. The Balaban J connectivity index is 2.05. The van der Waals surface area contributed by atoms with Crippen LogP contribution in [0.4, 0.5) is 0 Å². The van der Waals surface area contributed by atoms with E-state index in [0.29, 0.717) is 12.3 Å². The predicted molar refractivity (Wildman–Crippen MR) is 64.3 cm³/mol. The number of hydrogen-bond donors (Lipinski definition) is 1. The summed E-state index contributed by atoms with van der Waals surface area (Å²) in [4.78, 5) is 6.69. The van der Waals surface area contributed by atoms with Gasteiger partial charge >= 0.3 is 0 Å². The van der Waals surface area contributed by atoms with Crippen molar-refractivity contribution in [3.63, 3.8) is 0 Å². The maximum atomic E-state index is 5.70. The summed E-state index contributed by atoms with van der Waals surface area (Å²) < 4.78 is 5.20. The molecular weight excluding hydrogens is 224 g/mol. The monoisotopic (exact) mass is 242 g/mol. The first kappa shape index (κ1) is 11.9. The van der Waals surface area contributed by atoms with Crippen LogP contribution >= 0.6 is 11.8 Å². The fourth-order valence-corrected chi connectivity index (χ4v) is 2.93. The topological polar surface area (TPSA) is 68.2 Å². The Bertz CT molecular complexity index is 341. The first-order valence-electron chi connectivity index (χ1n) is 5.53. The zero-order valence-corrected chi connectivity index (χ0v) is 10.5. The highest BCUT2D eigenvalue weighted by atomic mass is 32.2. The highest BCUT2D eigenvalue weighted by Crippen LogP contribution is 2.26. The second kappa shape index (κ2) is 5.16. The quantitative estimate of drug-likeness (QED) is 0.840. The normalized spacial score (nSPS) is 24.6. The summed E-state index contributed by atoms with van der Waals surface area (Å²) in [6.45, 7) is 3.01. The number of thioether (sulfide) groups is 1. The fraction of sp³-hybridized carbons (Fsp3) is 0.800. The molecule has 1 saturated heterocycles. The van der Waals surface area contributed by atoms with Gasteiger partial charge in [0.15, 0.2) is 5.82 Å². The van der Waals surface area contributed by atoms with E-state index in [-0.39, 0.29) is 12.1 Å². The van der Waals surface area contributed by atoms with Crippen LogP contribution in [0.1, 0.15) is 24.7 Å². The Labute approximate surface area is 99.8 Å². The molecule has 0 aromatic carbocycles. The second-order valence-electron chi connectivity index (χ2n) is 4.30. The molecule has 0 radical (unpaired) electrons. The van der Waals surface area contributed by atoms with Crippen molar-refractivity contribution in [1.82, 2.24) is 15.0 Å². The van der Waals surface area contributed by atoms with Gasteiger partial charge in [-0.15, -0.1) is 0 Å². The van der Waals surface area contributed by atoms with Crippen LogP contribution in [-0.2, 0) is 6.42 Å². The molecule has 2 atom stereocenters. The van der Waals surface area contributed by atoms with E-state index < -0.39 is 0 Å². The number of nitrogens with two attached hydrogens (primary N) is 1. The number of rotatable bonds is 3. The fourth-order valence-electron chi connectivity index (χ4n) is 1.72. The summed E-state index contributed by atoms with van der Waals surface area (Å²) in [5.74, 6) is 3.66. The zero-order valence-electron chi connectivity index (χ0n) is 9.72. The van der Waals surface area contributed by atoms with Gasteiger partial charge in [-0.2, -0.15) is 16.7 Å². The Hall–Kier alpha value is -0.590. The van der Waals surface area contributed by atoms with Gasteiger partial charge in [-0.25, -0.2) is 0 Å². The Morgan fingerprint density at radius 3 is 3.19 bits per heavy atom. The van der Waals surface area contributed by atoms with Crippen molar-refractivity contribution in [2.45, 2.75) is 25.4 Å². The summed E-state index contributed by atoms with van der Waals surface area (Å²) in [6.07, 6.45) is 0.649. The van der Waals surface area contributed by atoms with Gasteiger partial charge in [-0.05, 0) is 14.0 Å². The van der Waals surface area contributed by atoms with E-state index in [1.54, 1.807) is 0 Å². The van der Waals surface area contributed by atoms with Crippen molar-refractivity contribution in [2.75, 3.05) is 25.1 Å². The average Bonchev–Trinajstić information content (AvgIpc) is 2.66. The molecule has 1 aromatic heterocycles. The molecular formula is C10H18N4OS. The van der Waals surface area contributed by atoms with Crippen LogP contribution in [0.25, 0.3) is 0 Å². The molecule has 0 saturated carbocycles. The van der Waals surface area contributed by atoms with E-state index >= 15 is 0 Å². The third-order valence-corrected chi connectivity index (χ3v) is 3.70. The van der Waals surface area contributed by atoms with Gasteiger partial charge in [0.2, 0.25) is 5.89 Å². The van der Waals surface area contributed by atoms with Crippen LogP contribution in [-0.4, -0.2) is 46.2 Å². The molecule has 0 bridgehead atoms. The molecule has 1 aromatic rings. The molecule has 2 N–H and O–H groups in total. The lowest BCUT2D eigenvalue weighted by atomic mass is 10.2. The van der Waals surface area contributed by atoms with Crippen molar-refractivity contribution in [1.29, 1.82) is 0 Å². The Morgan fingerprint density at radius 2 is 2.50 bits per heavy atom. The minimum atomic E-state index is 0.0618. The standard InChI is InChI=1S/C10H18N4OS/c1-7(11)5-9-12-10(13-15-9)8-6-16-4-3-14(8)2/h7-8H,3-6,11H2,1-2H3. The second-order valence-corrected chi connectivity index (χ2v) is 5.45.